The van der Waals surface area contributed by atoms with E-state index in [1.807, 2.05) is 6.07 Å². The lowest BCUT2D eigenvalue weighted by molar-refractivity contribution is -0.136. The van der Waals surface area contributed by atoms with Gasteiger partial charge >= 0.3 is 5.97 Å². The number of aryl methyl sites for hydroxylation is 1. The van der Waals surface area contributed by atoms with Gasteiger partial charge in [-0.1, -0.05) is 12.1 Å². The Kier molecular flexibility index (Phi) is 6.15. The number of halogens is 1. The van der Waals surface area contributed by atoms with E-state index in [-0.39, 0.29) is 12.3 Å². The summed E-state index contributed by atoms with van der Waals surface area (Å²) in [5, 5.41) is 11.6. The lowest BCUT2D eigenvalue weighted by atomic mass is 10.1. The van der Waals surface area contributed by atoms with E-state index < -0.39 is 5.97 Å². The van der Waals surface area contributed by atoms with Crippen LogP contribution >= 0.6 is 27.3 Å². The normalized spacial score (nSPS) is 10.4. The van der Waals surface area contributed by atoms with Gasteiger partial charge in [-0.25, -0.2) is 0 Å². The summed E-state index contributed by atoms with van der Waals surface area (Å²) in [6.45, 7) is 0. The molecule has 1 amide bonds. The molecule has 0 aliphatic rings. The minimum Gasteiger partial charge on any atom is -0.481 e. The molecule has 1 heterocycles. The Hall–Kier alpha value is -1.66. The van der Waals surface area contributed by atoms with Gasteiger partial charge in [0.15, 0.2) is 0 Å². The summed E-state index contributed by atoms with van der Waals surface area (Å²) in [6, 6.07) is 11.0. The van der Waals surface area contributed by atoms with E-state index in [0.717, 1.165) is 16.6 Å². The van der Waals surface area contributed by atoms with E-state index in [1.54, 1.807) is 35.6 Å². The highest BCUT2D eigenvalue weighted by molar-refractivity contribution is 9.11. The van der Waals surface area contributed by atoms with E-state index in [4.69, 9.17) is 5.11 Å². The third kappa shape index (κ3) is 5.61. The van der Waals surface area contributed by atoms with Crippen LogP contribution in [0.15, 0.2) is 40.2 Å². The Bertz CT molecular complexity index is 669. The van der Waals surface area contributed by atoms with Gasteiger partial charge in [-0.2, -0.15) is 0 Å². The first kappa shape index (κ1) is 16.7. The first-order valence-corrected chi connectivity index (χ1v) is 8.48. The van der Waals surface area contributed by atoms with Crippen LogP contribution in [0.1, 0.15) is 23.3 Å². The molecule has 2 aromatic rings. The van der Waals surface area contributed by atoms with Crippen molar-refractivity contribution in [1.82, 2.24) is 0 Å². The number of carbonyl (C=O) groups is 2. The number of hydrogen-bond acceptors (Lipinski definition) is 3. The predicted octanol–water partition coefficient (Wildman–Crippen LogP) is 4.10. The molecule has 116 valence electrons. The summed E-state index contributed by atoms with van der Waals surface area (Å²) >= 11 is 5.10. The number of hydrogen-bond donors (Lipinski definition) is 2. The second-order valence-electron chi connectivity index (χ2n) is 4.88. The predicted molar refractivity (Wildman–Crippen MR) is 91.4 cm³/mol. The number of amides is 1. The average molecular weight is 382 g/mol. The highest BCUT2D eigenvalue weighted by Gasteiger charge is 2.06. The van der Waals surface area contributed by atoms with Crippen molar-refractivity contribution in [1.29, 1.82) is 0 Å². The molecule has 2 rings (SSSR count). The van der Waals surface area contributed by atoms with Crippen molar-refractivity contribution in [2.45, 2.75) is 25.7 Å². The number of benzene rings is 1. The molecule has 0 spiro atoms. The molecule has 0 fully saturated rings. The van der Waals surface area contributed by atoms with Gasteiger partial charge in [0.1, 0.15) is 0 Å². The number of carbonyl (C=O) groups excluding carboxylic acids is 1. The highest BCUT2D eigenvalue weighted by atomic mass is 79.9. The van der Waals surface area contributed by atoms with Crippen LogP contribution in [0, 0.1) is 0 Å². The zero-order valence-corrected chi connectivity index (χ0v) is 14.2. The Morgan fingerprint density at radius 1 is 1.23 bits per heavy atom. The first-order valence-electron chi connectivity index (χ1n) is 6.88. The molecule has 6 heteroatoms. The number of rotatable bonds is 7. The van der Waals surface area contributed by atoms with Gasteiger partial charge in [0.05, 0.1) is 10.2 Å². The van der Waals surface area contributed by atoms with Gasteiger partial charge in [0.2, 0.25) is 5.91 Å². The fourth-order valence-electron chi connectivity index (χ4n) is 2.07. The molecule has 0 atom stereocenters. The maximum atomic E-state index is 11.9. The number of nitrogens with one attached hydrogen (secondary N) is 1. The fraction of sp³-hybridized carbons (Fsp3) is 0.250. The lowest BCUT2D eigenvalue weighted by Gasteiger charge is -2.06. The Balaban J connectivity index is 1.80. The standard InChI is InChI=1S/C16H16BrNO3S/c17-14-8-7-13(22-14)5-2-6-15(19)18-12-4-1-3-11(9-12)10-16(20)21/h1,3-4,7-9H,2,5-6,10H2,(H,18,19)(H,20,21). The third-order valence-electron chi connectivity index (χ3n) is 3.02. The molecular weight excluding hydrogens is 366 g/mol. The average Bonchev–Trinajstić information content (AvgIpc) is 2.84. The molecule has 0 radical (unpaired) electrons. The van der Waals surface area contributed by atoms with E-state index >= 15 is 0 Å². The van der Waals surface area contributed by atoms with Crippen LogP contribution < -0.4 is 5.32 Å². The number of carboxylic acid groups (broad SMARTS) is 1. The molecular formula is C16H16BrNO3S. The molecule has 4 nitrogen and oxygen atoms in total. The summed E-state index contributed by atoms with van der Waals surface area (Å²) < 4.78 is 1.10. The Labute approximate surface area is 141 Å². The molecule has 0 aliphatic carbocycles. The summed E-state index contributed by atoms with van der Waals surface area (Å²) in [5.74, 6) is -0.936. The van der Waals surface area contributed by atoms with Crippen LogP contribution in [-0.2, 0) is 22.4 Å². The molecule has 1 aromatic carbocycles. The van der Waals surface area contributed by atoms with Crippen molar-refractivity contribution < 1.29 is 14.7 Å². The first-order chi connectivity index (χ1) is 10.5. The maximum Gasteiger partial charge on any atom is 0.307 e. The van der Waals surface area contributed by atoms with Crippen molar-refractivity contribution in [2.24, 2.45) is 0 Å². The molecule has 0 unspecified atom stereocenters. The van der Waals surface area contributed by atoms with Crippen molar-refractivity contribution >= 4 is 44.8 Å². The number of thiophene rings is 1. The second-order valence-corrected chi connectivity index (χ2v) is 7.43. The largest absolute Gasteiger partial charge is 0.481 e. The third-order valence-corrected chi connectivity index (χ3v) is 4.71. The minimum absolute atomic E-state index is 0.0447. The maximum absolute atomic E-state index is 11.9. The van der Waals surface area contributed by atoms with Gasteiger partial charge in [0, 0.05) is 17.0 Å². The molecule has 22 heavy (non-hydrogen) atoms. The summed E-state index contributed by atoms with van der Waals surface area (Å²) in [6.07, 6.45) is 2.06. The molecule has 0 bridgehead atoms. The minimum atomic E-state index is -0.884. The molecule has 2 N–H and O–H groups in total. The Morgan fingerprint density at radius 3 is 2.73 bits per heavy atom. The summed E-state index contributed by atoms with van der Waals surface area (Å²) in [7, 11) is 0. The van der Waals surface area contributed by atoms with Crippen LogP contribution in [0.5, 0.6) is 0 Å². The molecule has 0 saturated heterocycles. The zero-order valence-electron chi connectivity index (χ0n) is 11.8. The molecule has 0 aliphatic heterocycles. The van der Waals surface area contributed by atoms with Crippen LogP contribution in [0.3, 0.4) is 0 Å². The van der Waals surface area contributed by atoms with Gasteiger partial charge in [-0.15, -0.1) is 11.3 Å². The van der Waals surface area contributed by atoms with Crippen LogP contribution in [-0.4, -0.2) is 17.0 Å². The summed E-state index contributed by atoms with van der Waals surface area (Å²) in [5.41, 5.74) is 1.32. The summed E-state index contributed by atoms with van der Waals surface area (Å²) in [4.78, 5) is 23.9. The van der Waals surface area contributed by atoms with Gasteiger partial charge in [-0.05, 0) is 58.6 Å². The van der Waals surface area contributed by atoms with Crippen molar-refractivity contribution in [3.63, 3.8) is 0 Å². The van der Waals surface area contributed by atoms with Crippen LogP contribution in [0.4, 0.5) is 5.69 Å². The van der Waals surface area contributed by atoms with E-state index in [1.165, 1.54) is 4.88 Å². The molecule has 0 saturated carbocycles. The number of aliphatic carboxylic acids is 1. The van der Waals surface area contributed by atoms with Crippen molar-refractivity contribution in [2.75, 3.05) is 5.32 Å². The topological polar surface area (TPSA) is 66.4 Å². The quantitative estimate of drug-likeness (QED) is 0.758. The lowest BCUT2D eigenvalue weighted by Crippen LogP contribution is -2.11. The highest BCUT2D eigenvalue weighted by Crippen LogP contribution is 2.23. The van der Waals surface area contributed by atoms with Crippen LogP contribution in [0.2, 0.25) is 0 Å². The number of carboxylic acids is 1. The SMILES string of the molecule is O=C(O)Cc1cccc(NC(=O)CCCc2ccc(Br)s2)c1. The second kappa shape index (κ2) is 8.10. The van der Waals surface area contributed by atoms with Crippen LogP contribution in [0.25, 0.3) is 0 Å². The van der Waals surface area contributed by atoms with Gasteiger partial charge in [0.25, 0.3) is 0 Å². The number of anilines is 1. The Morgan fingerprint density at radius 2 is 2.05 bits per heavy atom. The van der Waals surface area contributed by atoms with Crippen molar-refractivity contribution in [3.8, 4) is 0 Å². The van der Waals surface area contributed by atoms with E-state index in [2.05, 4.69) is 27.3 Å². The van der Waals surface area contributed by atoms with E-state index in [9.17, 15) is 9.59 Å². The van der Waals surface area contributed by atoms with Gasteiger partial charge in [-0.3, -0.25) is 9.59 Å². The molecule has 1 aromatic heterocycles. The smallest absolute Gasteiger partial charge is 0.307 e. The van der Waals surface area contributed by atoms with Gasteiger partial charge < -0.3 is 10.4 Å². The zero-order chi connectivity index (χ0) is 15.9. The van der Waals surface area contributed by atoms with Crippen molar-refractivity contribution in [3.05, 3.63) is 50.6 Å². The monoisotopic (exact) mass is 381 g/mol. The van der Waals surface area contributed by atoms with E-state index in [0.29, 0.717) is 17.7 Å². The fourth-order valence-corrected chi connectivity index (χ4v) is 3.59.